The predicted molar refractivity (Wildman–Crippen MR) is 259 cm³/mol. The Kier molecular flexibility index (Phi) is 9.11. The fourth-order valence-electron chi connectivity index (χ4n) is 8.66. The summed E-state index contributed by atoms with van der Waals surface area (Å²) in [6.45, 7) is 0. The lowest BCUT2D eigenvalue weighted by Crippen LogP contribution is -2.10. The van der Waals surface area contributed by atoms with Crippen molar-refractivity contribution in [3.8, 4) is 55.6 Å². The number of nitrogens with zero attached hydrogens (tertiary/aromatic N) is 1. The number of anilines is 3. The molecule has 10 aromatic carbocycles. The first-order chi connectivity index (χ1) is 29.7. The lowest BCUT2D eigenvalue weighted by atomic mass is 9.93. The number of benzene rings is 10. The van der Waals surface area contributed by atoms with E-state index in [0.717, 1.165) is 17.1 Å². The van der Waals surface area contributed by atoms with E-state index in [9.17, 15) is 0 Å². The van der Waals surface area contributed by atoms with Gasteiger partial charge in [-0.2, -0.15) is 0 Å². The van der Waals surface area contributed by atoms with Crippen LogP contribution in [0.15, 0.2) is 237 Å². The van der Waals surface area contributed by atoms with Crippen LogP contribution in [0, 0.1) is 0 Å². The van der Waals surface area contributed by atoms with E-state index in [1.54, 1.807) is 0 Å². The second kappa shape index (κ2) is 15.3. The minimum atomic E-state index is 1.09. The fraction of sp³-hybridized carbons (Fsp3) is 0. The zero-order valence-corrected chi connectivity index (χ0v) is 33.7. The highest BCUT2D eigenvalue weighted by Gasteiger charge is 2.18. The number of thiophene rings is 1. The highest BCUT2D eigenvalue weighted by molar-refractivity contribution is 7.26. The lowest BCUT2D eigenvalue weighted by Gasteiger charge is -2.27. The molecule has 0 bridgehead atoms. The van der Waals surface area contributed by atoms with Gasteiger partial charge < -0.3 is 4.90 Å². The van der Waals surface area contributed by atoms with E-state index in [2.05, 4.69) is 241 Å². The molecular weight excluding hydrogens is 743 g/mol. The van der Waals surface area contributed by atoms with Crippen molar-refractivity contribution in [2.75, 3.05) is 4.90 Å². The fourth-order valence-corrected chi connectivity index (χ4v) is 9.92. The summed E-state index contributed by atoms with van der Waals surface area (Å²) in [5.41, 5.74) is 15.3. The first-order valence-corrected chi connectivity index (χ1v) is 21.3. The molecule has 0 spiro atoms. The average molecular weight is 782 g/mol. The molecule has 11 aromatic rings. The van der Waals surface area contributed by atoms with Crippen molar-refractivity contribution >= 4 is 59.3 Å². The Labute approximate surface area is 354 Å². The van der Waals surface area contributed by atoms with Gasteiger partial charge in [0.1, 0.15) is 0 Å². The summed E-state index contributed by atoms with van der Waals surface area (Å²) in [5, 5.41) is 5.19. The topological polar surface area (TPSA) is 3.24 Å². The van der Waals surface area contributed by atoms with Crippen LogP contribution < -0.4 is 4.90 Å². The third-order valence-electron chi connectivity index (χ3n) is 11.7. The number of fused-ring (bicyclic) bond motifs is 4. The molecule has 0 fully saturated rings. The first-order valence-electron chi connectivity index (χ1n) is 20.5. The van der Waals surface area contributed by atoms with Gasteiger partial charge in [0.15, 0.2) is 0 Å². The van der Waals surface area contributed by atoms with Crippen molar-refractivity contribution in [3.63, 3.8) is 0 Å². The summed E-state index contributed by atoms with van der Waals surface area (Å²) >= 11 is 1.89. The molecule has 0 aliphatic heterocycles. The van der Waals surface area contributed by atoms with Crippen LogP contribution in [-0.4, -0.2) is 0 Å². The van der Waals surface area contributed by atoms with E-state index in [1.165, 1.54) is 86.6 Å². The van der Waals surface area contributed by atoms with Gasteiger partial charge in [-0.1, -0.05) is 188 Å². The molecule has 0 saturated heterocycles. The summed E-state index contributed by atoms with van der Waals surface area (Å²) in [6.07, 6.45) is 0. The van der Waals surface area contributed by atoms with Crippen LogP contribution in [-0.2, 0) is 0 Å². The SMILES string of the molecule is c1ccc(-c2ccc(-c3cccc(N(c4ccc(-c5cccc6c5sc5cc7ccccc7cc56)cc4)c4ccc(-c5ccccc5)c(-c5ccccc5)c4)c3)cc2)cc1. The molecule has 0 atom stereocenters. The van der Waals surface area contributed by atoms with Crippen molar-refractivity contribution in [1.29, 1.82) is 0 Å². The van der Waals surface area contributed by atoms with Gasteiger partial charge in [-0.15, -0.1) is 11.3 Å². The summed E-state index contributed by atoms with van der Waals surface area (Å²) in [7, 11) is 0. The van der Waals surface area contributed by atoms with Gasteiger partial charge in [-0.05, 0) is 115 Å². The van der Waals surface area contributed by atoms with Crippen LogP contribution in [0.1, 0.15) is 0 Å². The molecule has 1 aromatic heterocycles. The molecular formula is C58H39NS. The van der Waals surface area contributed by atoms with E-state index >= 15 is 0 Å². The predicted octanol–water partition coefficient (Wildman–Crippen LogP) is 17.0. The monoisotopic (exact) mass is 781 g/mol. The second-order valence-electron chi connectivity index (χ2n) is 15.3. The highest BCUT2D eigenvalue weighted by atomic mass is 32.1. The maximum absolute atomic E-state index is 2.40. The van der Waals surface area contributed by atoms with Crippen LogP contribution >= 0.6 is 11.3 Å². The molecule has 282 valence electrons. The molecule has 0 aliphatic carbocycles. The van der Waals surface area contributed by atoms with Gasteiger partial charge in [-0.25, -0.2) is 0 Å². The molecule has 0 saturated carbocycles. The van der Waals surface area contributed by atoms with Crippen molar-refractivity contribution in [1.82, 2.24) is 0 Å². The van der Waals surface area contributed by atoms with E-state index in [0.29, 0.717) is 0 Å². The molecule has 0 N–H and O–H groups in total. The molecule has 0 aliphatic rings. The quantitative estimate of drug-likeness (QED) is 0.148. The molecule has 1 nitrogen and oxygen atoms in total. The van der Waals surface area contributed by atoms with Crippen molar-refractivity contribution < 1.29 is 0 Å². The normalized spacial score (nSPS) is 11.3. The Bertz CT molecular complexity index is 3280. The molecule has 2 heteroatoms. The van der Waals surface area contributed by atoms with E-state index < -0.39 is 0 Å². The average Bonchev–Trinajstić information content (AvgIpc) is 3.69. The van der Waals surface area contributed by atoms with Crippen LogP contribution in [0.5, 0.6) is 0 Å². The Hall–Kier alpha value is -7.52. The van der Waals surface area contributed by atoms with Gasteiger partial charge in [0.2, 0.25) is 0 Å². The van der Waals surface area contributed by atoms with Gasteiger partial charge >= 0.3 is 0 Å². The zero-order chi connectivity index (χ0) is 39.8. The zero-order valence-electron chi connectivity index (χ0n) is 32.9. The lowest BCUT2D eigenvalue weighted by molar-refractivity contribution is 1.28. The Morgan fingerprint density at radius 2 is 0.767 bits per heavy atom. The third kappa shape index (κ3) is 6.63. The molecule has 1 heterocycles. The minimum Gasteiger partial charge on any atom is -0.310 e. The first kappa shape index (κ1) is 35.6. The molecule has 60 heavy (non-hydrogen) atoms. The highest BCUT2D eigenvalue weighted by Crippen LogP contribution is 2.44. The van der Waals surface area contributed by atoms with E-state index in [-0.39, 0.29) is 0 Å². The van der Waals surface area contributed by atoms with Gasteiger partial charge in [0.25, 0.3) is 0 Å². The van der Waals surface area contributed by atoms with Gasteiger partial charge in [-0.3, -0.25) is 0 Å². The van der Waals surface area contributed by atoms with Crippen LogP contribution in [0.2, 0.25) is 0 Å². The van der Waals surface area contributed by atoms with Crippen LogP contribution in [0.4, 0.5) is 17.1 Å². The summed E-state index contributed by atoms with van der Waals surface area (Å²) in [6, 6.07) is 86.1. The molecule has 0 amide bonds. The van der Waals surface area contributed by atoms with Crippen LogP contribution in [0.3, 0.4) is 0 Å². The second-order valence-corrected chi connectivity index (χ2v) is 16.4. The molecule has 11 rings (SSSR count). The Morgan fingerprint density at radius 1 is 0.267 bits per heavy atom. The number of hydrogen-bond donors (Lipinski definition) is 0. The number of hydrogen-bond acceptors (Lipinski definition) is 2. The van der Waals surface area contributed by atoms with Crippen molar-refractivity contribution in [2.45, 2.75) is 0 Å². The maximum Gasteiger partial charge on any atom is 0.0468 e. The van der Waals surface area contributed by atoms with E-state index in [1.807, 2.05) is 11.3 Å². The standard InChI is InChI=1S/C58H39NS/c1-4-14-40(15-5-1)41-26-28-42(29-27-41)46-22-12-23-50(36-46)59(51-34-35-52(43-16-6-2-7-17-43)55(39-51)44-18-8-3-9-19-44)49-32-30-45(31-33-49)53-24-13-25-54-56-37-47-20-10-11-21-48(47)38-57(56)60-58(53)54/h1-39H. The number of rotatable bonds is 8. The summed E-state index contributed by atoms with van der Waals surface area (Å²) in [4.78, 5) is 2.40. The Morgan fingerprint density at radius 3 is 1.47 bits per heavy atom. The van der Waals surface area contributed by atoms with Gasteiger partial charge in [0, 0.05) is 37.2 Å². The molecule has 0 unspecified atom stereocenters. The smallest absolute Gasteiger partial charge is 0.0468 e. The maximum atomic E-state index is 2.40. The summed E-state index contributed by atoms with van der Waals surface area (Å²) < 4.78 is 2.64. The minimum absolute atomic E-state index is 1.09. The van der Waals surface area contributed by atoms with E-state index in [4.69, 9.17) is 0 Å². The Balaban J connectivity index is 1.04. The third-order valence-corrected chi connectivity index (χ3v) is 12.9. The van der Waals surface area contributed by atoms with Crippen molar-refractivity contribution in [2.24, 2.45) is 0 Å². The van der Waals surface area contributed by atoms with Gasteiger partial charge in [0.05, 0.1) is 0 Å². The summed E-state index contributed by atoms with van der Waals surface area (Å²) in [5.74, 6) is 0. The van der Waals surface area contributed by atoms with Crippen LogP contribution in [0.25, 0.3) is 86.6 Å². The largest absolute Gasteiger partial charge is 0.310 e. The van der Waals surface area contributed by atoms with Crippen molar-refractivity contribution in [3.05, 3.63) is 237 Å². The molecule has 0 radical (unpaired) electrons.